The van der Waals surface area contributed by atoms with E-state index >= 15 is 0 Å². The molecule has 1 aliphatic carbocycles. The number of H-pyrrole nitrogens is 1. The van der Waals surface area contributed by atoms with E-state index in [2.05, 4.69) is 25.8 Å². The average molecular weight is 499 g/mol. The van der Waals surface area contributed by atoms with Crippen molar-refractivity contribution in [3.63, 3.8) is 0 Å². The van der Waals surface area contributed by atoms with Crippen LogP contribution in [0.3, 0.4) is 0 Å². The molecule has 0 fully saturated rings. The second-order valence-electron chi connectivity index (χ2n) is 9.87. The summed E-state index contributed by atoms with van der Waals surface area (Å²) in [5.74, 6) is 6.60. The van der Waals surface area contributed by atoms with Gasteiger partial charge in [-0.25, -0.2) is 13.2 Å². The third-order valence-corrected chi connectivity index (χ3v) is 7.40. The van der Waals surface area contributed by atoms with Gasteiger partial charge in [-0.1, -0.05) is 39.0 Å². The number of hydrogen-bond donors (Lipinski definition) is 2. The second kappa shape index (κ2) is 8.78. The molecule has 9 nitrogen and oxygen atoms in total. The summed E-state index contributed by atoms with van der Waals surface area (Å²) in [6.45, 7) is 6.17. The molecule has 1 aliphatic rings. The molecule has 0 saturated carbocycles. The van der Waals surface area contributed by atoms with E-state index in [0.29, 0.717) is 24.3 Å². The Morgan fingerprint density at radius 2 is 1.86 bits per heavy atom. The van der Waals surface area contributed by atoms with Gasteiger partial charge in [-0.3, -0.25) is 20.2 Å². The van der Waals surface area contributed by atoms with Gasteiger partial charge in [0.15, 0.2) is 0 Å². The molecular weight excluding hydrogens is 468 g/mol. The predicted molar refractivity (Wildman–Crippen MR) is 135 cm³/mol. The van der Waals surface area contributed by atoms with Crippen LogP contribution in [0.2, 0.25) is 0 Å². The predicted octanol–water partition coefficient (Wildman–Crippen LogP) is 2.62. The maximum Gasteiger partial charge on any atom is 0.332 e. The van der Waals surface area contributed by atoms with Crippen molar-refractivity contribution in [1.29, 1.82) is 0 Å². The zero-order chi connectivity index (χ0) is 25.7. The highest BCUT2D eigenvalue weighted by atomic mass is 32.2. The fraction of sp³-hybridized carbons (Fsp3) is 0.360. The maximum absolute atomic E-state index is 12.5. The quantitative estimate of drug-likeness (QED) is 0.411. The topological polar surface area (TPSA) is 127 Å². The highest BCUT2D eigenvalue weighted by Crippen LogP contribution is 2.43. The van der Waals surface area contributed by atoms with Crippen molar-refractivity contribution in [3.05, 3.63) is 80.1 Å². The van der Waals surface area contributed by atoms with Gasteiger partial charge in [-0.05, 0) is 47.1 Å². The Balaban J connectivity index is 1.92. The number of nitrogens with one attached hydrogen (secondary N) is 1. The SMILES string of the molecule is COc1c(-c2ccc3c(c2)CCC3N(N)S(C)(=O)=O)cc(-n2ccc(=O)[nH]c2=O)cc1C(C)(C)C. The second-order valence-corrected chi connectivity index (χ2v) is 11.8. The Hall–Kier alpha value is -3.21. The van der Waals surface area contributed by atoms with Crippen LogP contribution in [0.25, 0.3) is 16.8 Å². The van der Waals surface area contributed by atoms with Crippen LogP contribution in [0.15, 0.2) is 52.2 Å². The average Bonchev–Trinajstić information content (AvgIpc) is 3.19. The molecule has 3 N–H and O–H groups in total. The van der Waals surface area contributed by atoms with Gasteiger partial charge >= 0.3 is 5.69 Å². The zero-order valence-corrected chi connectivity index (χ0v) is 21.3. The number of aromatic nitrogens is 2. The standard InChI is InChI=1S/C25H30N4O5S/c1-25(2,3)20-14-17(28-11-10-22(30)27-24(28)31)13-19(23(20)34-4)16-6-8-18-15(12-16)7-9-21(18)29(26)35(5,32)33/h6,8,10-14,21H,7,9,26H2,1-5H3,(H,27,30,31). The van der Waals surface area contributed by atoms with Gasteiger partial charge in [0.1, 0.15) is 5.75 Å². The molecule has 1 aromatic heterocycles. The number of fused-ring (bicyclic) bond motifs is 1. The number of ether oxygens (including phenoxy) is 1. The van der Waals surface area contributed by atoms with Crippen LogP contribution in [-0.4, -0.2) is 35.7 Å². The van der Waals surface area contributed by atoms with E-state index in [1.54, 1.807) is 7.11 Å². The fourth-order valence-electron chi connectivity index (χ4n) is 4.62. The number of methoxy groups -OCH3 is 1. The molecule has 1 heterocycles. The van der Waals surface area contributed by atoms with E-state index in [4.69, 9.17) is 10.6 Å². The summed E-state index contributed by atoms with van der Waals surface area (Å²) in [7, 11) is -1.92. The molecule has 0 aliphatic heterocycles. The van der Waals surface area contributed by atoms with Gasteiger partial charge in [0.05, 0.1) is 25.1 Å². The molecule has 1 unspecified atom stereocenters. The first-order valence-corrected chi connectivity index (χ1v) is 13.1. The summed E-state index contributed by atoms with van der Waals surface area (Å²) in [4.78, 5) is 26.4. The van der Waals surface area contributed by atoms with E-state index in [1.165, 1.54) is 16.8 Å². The van der Waals surface area contributed by atoms with Crippen LogP contribution >= 0.6 is 0 Å². The first-order valence-electron chi connectivity index (χ1n) is 11.2. The molecular formula is C25H30N4O5S. The number of sulfonamides is 1. The third kappa shape index (κ3) is 4.69. The number of hydrogen-bond acceptors (Lipinski definition) is 6. The van der Waals surface area contributed by atoms with Crippen molar-refractivity contribution < 1.29 is 13.2 Å². The molecule has 1 atom stereocenters. The van der Waals surface area contributed by atoms with E-state index < -0.39 is 27.3 Å². The fourth-order valence-corrected chi connectivity index (χ4v) is 5.30. The van der Waals surface area contributed by atoms with E-state index in [9.17, 15) is 18.0 Å². The minimum Gasteiger partial charge on any atom is -0.496 e. The highest BCUT2D eigenvalue weighted by Gasteiger charge is 2.32. The molecule has 0 radical (unpaired) electrons. The minimum absolute atomic E-state index is 0.306. The zero-order valence-electron chi connectivity index (χ0n) is 20.5. The van der Waals surface area contributed by atoms with Crippen LogP contribution in [0, 0.1) is 0 Å². The van der Waals surface area contributed by atoms with Gasteiger partial charge in [-0.2, -0.15) is 0 Å². The molecule has 186 valence electrons. The Labute approximate surface area is 204 Å². The van der Waals surface area contributed by atoms with Crippen molar-refractivity contribution in [2.75, 3.05) is 13.4 Å². The molecule has 0 bridgehead atoms. The summed E-state index contributed by atoms with van der Waals surface area (Å²) in [5.41, 5.74) is 3.73. The number of benzene rings is 2. The Morgan fingerprint density at radius 3 is 2.46 bits per heavy atom. The lowest BCUT2D eigenvalue weighted by atomic mass is 9.83. The van der Waals surface area contributed by atoms with E-state index in [-0.39, 0.29) is 5.41 Å². The molecule has 3 aromatic rings. The monoisotopic (exact) mass is 498 g/mol. The maximum atomic E-state index is 12.5. The van der Waals surface area contributed by atoms with Crippen molar-refractivity contribution in [2.45, 2.75) is 45.1 Å². The Bertz CT molecular complexity index is 1520. The number of aromatic amines is 1. The van der Waals surface area contributed by atoms with Crippen molar-refractivity contribution in [3.8, 4) is 22.6 Å². The molecule has 35 heavy (non-hydrogen) atoms. The van der Waals surface area contributed by atoms with Gasteiger partial charge in [0.25, 0.3) is 5.56 Å². The summed E-state index contributed by atoms with van der Waals surface area (Å²) in [6.07, 6.45) is 3.83. The highest BCUT2D eigenvalue weighted by molar-refractivity contribution is 7.88. The lowest BCUT2D eigenvalue weighted by Crippen LogP contribution is -2.39. The van der Waals surface area contributed by atoms with Crippen LogP contribution in [-0.2, 0) is 21.9 Å². The van der Waals surface area contributed by atoms with Gasteiger partial charge in [0.2, 0.25) is 10.0 Å². The van der Waals surface area contributed by atoms with Gasteiger partial charge < -0.3 is 4.74 Å². The number of nitrogens with two attached hydrogens (primary N) is 1. The van der Waals surface area contributed by atoms with E-state index in [0.717, 1.165) is 38.5 Å². The molecule has 0 saturated heterocycles. The Morgan fingerprint density at radius 1 is 1.14 bits per heavy atom. The first-order chi connectivity index (χ1) is 16.3. The van der Waals surface area contributed by atoms with Crippen molar-refractivity contribution in [2.24, 2.45) is 5.84 Å². The van der Waals surface area contributed by atoms with Crippen LogP contribution < -0.4 is 21.8 Å². The molecule has 0 amide bonds. The molecule has 10 heteroatoms. The first kappa shape index (κ1) is 24.9. The summed E-state index contributed by atoms with van der Waals surface area (Å²) in [6, 6.07) is 10.5. The lowest BCUT2D eigenvalue weighted by Gasteiger charge is -2.26. The van der Waals surface area contributed by atoms with Crippen molar-refractivity contribution >= 4 is 10.0 Å². The Kier molecular flexibility index (Phi) is 6.25. The molecule has 4 rings (SSSR count). The molecule has 0 spiro atoms. The van der Waals surface area contributed by atoms with Crippen molar-refractivity contribution in [1.82, 2.24) is 14.0 Å². The lowest BCUT2D eigenvalue weighted by molar-refractivity contribution is 0.335. The summed E-state index contributed by atoms with van der Waals surface area (Å²) in [5, 5.41) is 0. The largest absolute Gasteiger partial charge is 0.496 e. The van der Waals surface area contributed by atoms with E-state index in [1.807, 2.05) is 30.3 Å². The third-order valence-electron chi connectivity index (χ3n) is 6.38. The smallest absolute Gasteiger partial charge is 0.332 e. The molecule has 2 aromatic carbocycles. The number of aryl methyl sites for hydroxylation is 1. The van der Waals surface area contributed by atoms with Crippen LogP contribution in [0.5, 0.6) is 5.75 Å². The minimum atomic E-state index is -3.53. The normalized spacial score (nSPS) is 15.9. The summed E-state index contributed by atoms with van der Waals surface area (Å²) >= 11 is 0. The number of nitrogens with zero attached hydrogens (tertiary/aromatic N) is 2. The van der Waals surface area contributed by atoms with Crippen LogP contribution in [0.1, 0.15) is 49.9 Å². The number of rotatable bonds is 5. The van der Waals surface area contributed by atoms with Gasteiger partial charge in [0, 0.05) is 23.4 Å². The van der Waals surface area contributed by atoms with Gasteiger partial charge in [-0.15, -0.1) is 4.41 Å². The summed E-state index contributed by atoms with van der Waals surface area (Å²) < 4.78 is 32.2. The number of hydrazine groups is 1. The van der Waals surface area contributed by atoms with Crippen LogP contribution in [0.4, 0.5) is 0 Å².